The fourth-order valence-electron chi connectivity index (χ4n) is 3.49. The Hall–Kier alpha value is -2.69. The van der Waals surface area contributed by atoms with E-state index in [0.717, 1.165) is 42.7 Å². The molecule has 4 rings (SSSR count). The minimum absolute atomic E-state index is 0.0608. The zero-order chi connectivity index (χ0) is 16.5. The number of aromatic nitrogens is 3. The Kier molecular flexibility index (Phi) is 3.76. The number of pyridine rings is 1. The normalized spacial score (nSPS) is 18.0. The number of H-pyrrole nitrogens is 1. The molecule has 0 bridgehead atoms. The molecule has 1 amide bonds. The topological polar surface area (TPSA) is 61.9 Å². The molecule has 3 heterocycles. The highest BCUT2D eigenvalue weighted by Crippen LogP contribution is 2.27. The summed E-state index contributed by atoms with van der Waals surface area (Å²) in [6.07, 6.45) is 3.81. The molecule has 1 fully saturated rings. The first-order valence-electron chi connectivity index (χ1n) is 8.37. The monoisotopic (exact) mass is 320 g/mol. The Morgan fingerprint density at radius 1 is 1.29 bits per heavy atom. The van der Waals surface area contributed by atoms with Crippen molar-refractivity contribution in [2.45, 2.75) is 25.7 Å². The Morgan fingerprint density at radius 2 is 2.12 bits per heavy atom. The molecule has 0 radical (unpaired) electrons. The van der Waals surface area contributed by atoms with Crippen molar-refractivity contribution in [1.29, 1.82) is 0 Å². The van der Waals surface area contributed by atoms with Gasteiger partial charge in [0.2, 0.25) is 0 Å². The highest BCUT2D eigenvalue weighted by Gasteiger charge is 2.25. The summed E-state index contributed by atoms with van der Waals surface area (Å²) in [5, 5.41) is 7.94. The van der Waals surface area contributed by atoms with E-state index in [9.17, 15) is 4.79 Å². The average Bonchev–Trinajstić information content (AvgIpc) is 3.02. The molecule has 3 aromatic rings. The number of rotatable bonds is 2. The lowest BCUT2D eigenvalue weighted by molar-refractivity contribution is 0.0707. The summed E-state index contributed by atoms with van der Waals surface area (Å²) >= 11 is 0. The summed E-state index contributed by atoms with van der Waals surface area (Å²) < 4.78 is 0. The van der Waals surface area contributed by atoms with E-state index < -0.39 is 0 Å². The Bertz CT molecular complexity index is 871. The maximum Gasteiger partial charge on any atom is 0.255 e. The highest BCUT2D eigenvalue weighted by atomic mass is 16.2. The largest absolute Gasteiger partial charge is 0.338 e. The third kappa shape index (κ3) is 2.66. The molecule has 0 spiro atoms. The van der Waals surface area contributed by atoms with Gasteiger partial charge in [0.05, 0.1) is 11.3 Å². The fourth-order valence-corrected chi connectivity index (χ4v) is 3.49. The number of hydrogen-bond donors (Lipinski definition) is 1. The van der Waals surface area contributed by atoms with E-state index in [0.29, 0.717) is 11.5 Å². The predicted molar refractivity (Wildman–Crippen MR) is 92.9 cm³/mol. The van der Waals surface area contributed by atoms with Gasteiger partial charge in [0.1, 0.15) is 0 Å². The van der Waals surface area contributed by atoms with Crippen molar-refractivity contribution in [2.75, 3.05) is 13.1 Å². The van der Waals surface area contributed by atoms with Crippen LogP contribution in [0.3, 0.4) is 0 Å². The minimum Gasteiger partial charge on any atom is -0.338 e. The van der Waals surface area contributed by atoms with Crippen molar-refractivity contribution in [3.63, 3.8) is 0 Å². The van der Waals surface area contributed by atoms with Crippen molar-refractivity contribution in [1.82, 2.24) is 20.1 Å². The number of carbonyl (C=O) groups excluding carboxylic acids is 1. The van der Waals surface area contributed by atoms with E-state index in [1.165, 1.54) is 5.56 Å². The summed E-state index contributed by atoms with van der Waals surface area (Å²) in [6.45, 7) is 3.50. The molecule has 2 aromatic heterocycles. The van der Waals surface area contributed by atoms with Crippen molar-refractivity contribution in [3.8, 4) is 0 Å². The Labute approximate surface area is 140 Å². The zero-order valence-electron chi connectivity index (χ0n) is 13.7. The smallest absolute Gasteiger partial charge is 0.255 e. The van der Waals surface area contributed by atoms with Gasteiger partial charge in [-0.1, -0.05) is 30.3 Å². The number of nitrogens with zero attached hydrogens (tertiary/aromatic N) is 3. The SMILES string of the molecule is Cc1n[nH]c2ncc(C(=O)N3CCC[C@H](c4ccccc4)C3)cc12. The number of likely N-dealkylation sites (tertiary alicyclic amines) is 1. The van der Waals surface area contributed by atoms with Crippen molar-refractivity contribution < 1.29 is 4.79 Å². The summed E-state index contributed by atoms with van der Waals surface area (Å²) in [7, 11) is 0. The number of piperidine rings is 1. The first-order chi connectivity index (χ1) is 11.7. The standard InChI is InChI=1S/C19H20N4O/c1-13-17-10-16(11-20-18(17)22-21-13)19(24)23-9-5-8-15(12-23)14-6-3-2-4-7-14/h2-4,6-7,10-11,15H,5,8-9,12H2,1H3,(H,20,21,22)/t15-/m0/s1. The van der Waals surface area contributed by atoms with Crippen LogP contribution in [0.5, 0.6) is 0 Å². The van der Waals surface area contributed by atoms with E-state index in [1.807, 2.05) is 24.0 Å². The number of aromatic amines is 1. The van der Waals surface area contributed by atoms with Crippen LogP contribution in [0.15, 0.2) is 42.6 Å². The van der Waals surface area contributed by atoms with Gasteiger partial charge >= 0.3 is 0 Å². The molecule has 5 nitrogen and oxygen atoms in total. The highest BCUT2D eigenvalue weighted by molar-refractivity contribution is 5.97. The van der Waals surface area contributed by atoms with Crippen molar-refractivity contribution >= 4 is 16.9 Å². The van der Waals surface area contributed by atoms with Gasteiger partial charge in [-0.05, 0) is 31.4 Å². The number of nitrogens with one attached hydrogen (secondary N) is 1. The summed E-state index contributed by atoms with van der Waals surface area (Å²) in [4.78, 5) is 19.2. The molecule has 1 N–H and O–H groups in total. The number of benzene rings is 1. The number of amides is 1. The summed E-state index contributed by atoms with van der Waals surface area (Å²) in [5.74, 6) is 0.474. The van der Waals surface area contributed by atoms with Crippen LogP contribution in [-0.4, -0.2) is 39.1 Å². The molecule has 24 heavy (non-hydrogen) atoms. The summed E-state index contributed by atoms with van der Waals surface area (Å²) in [6, 6.07) is 12.4. The second kappa shape index (κ2) is 6.07. The Morgan fingerprint density at radius 3 is 2.96 bits per heavy atom. The Balaban J connectivity index is 1.57. The van der Waals surface area contributed by atoms with Gasteiger partial charge < -0.3 is 4.90 Å². The van der Waals surface area contributed by atoms with Gasteiger partial charge in [-0.15, -0.1) is 0 Å². The molecule has 0 saturated carbocycles. The van der Waals surface area contributed by atoms with E-state index in [-0.39, 0.29) is 5.91 Å². The lowest BCUT2D eigenvalue weighted by atomic mass is 9.90. The molecule has 1 saturated heterocycles. The molecule has 0 aliphatic carbocycles. The van der Waals surface area contributed by atoms with E-state index in [4.69, 9.17) is 0 Å². The second-order valence-corrected chi connectivity index (χ2v) is 6.43. The lowest BCUT2D eigenvalue weighted by Gasteiger charge is -2.33. The molecule has 0 unspecified atom stereocenters. The second-order valence-electron chi connectivity index (χ2n) is 6.43. The first-order valence-corrected chi connectivity index (χ1v) is 8.37. The molecule has 1 aliphatic heterocycles. The lowest BCUT2D eigenvalue weighted by Crippen LogP contribution is -2.39. The van der Waals surface area contributed by atoms with E-state index in [2.05, 4.69) is 39.4 Å². The first kappa shape index (κ1) is 14.9. The van der Waals surface area contributed by atoms with Gasteiger partial charge in [-0.25, -0.2) is 4.98 Å². The van der Waals surface area contributed by atoms with Crippen LogP contribution in [0.4, 0.5) is 0 Å². The van der Waals surface area contributed by atoms with Crippen LogP contribution in [0.2, 0.25) is 0 Å². The van der Waals surface area contributed by atoms with Crippen LogP contribution in [-0.2, 0) is 0 Å². The molecular weight excluding hydrogens is 300 g/mol. The minimum atomic E-state index is 0.0608. The molecule has 122 valence electrons. The van der Waals surface area contributed by atoms with Crippen LogP contribution in [0.25, 0.3) is 11.0 Å². The third-order valence-electron chi connectivity index (χ3n) is 4.83. The van der Waals surface area contributed by atoms with Crippen LogP contribution < -0.4 is 0 Å². The molecular formula is C19H20N4O. The maximum atomic E-state index is 12.9. The summed E-state index contributed by atoms with van der Waals surface area (Å²) in [5.41, 5.74) is 3.55. The van der Waals surface area contributed by atoms with E-state index in [1.54, 1.807) is 6.20 Å². The van der Waals surface area contributed by atoms with Crippen LogP contribution in [0, 0.1) is 6.92 Å². The van der Waals surface area contributed by atoms with Gasteiger partial charge in [0.15, 0.2) is 5.65 Å². The molecule has 1 atom stereocenters. The number of carbonyl (C=O) groups is 1. The third-order valence-corrected chi connectivity index (χ3v) is 4.83. The molecule has 1 aromatic carbocycles. The number of fused-ring (bicyclic) bond motifs is 1. The van der Waals surface area contributed by atoms with Crippen molar-refractivity contribution in [2.24, 2.45) is 0 Å². The van der Waals surface area contributed by atoms with Gasteiger partial charge in [0, 0.05) is 30.6 Å². The quantitative estimate of drug-likeness (QED) is 0.788. The van der Waals surface area contributed by atoms with E-state index >= 15 is 0 Å². The number of hydrogen-bond acceptors (Lipinski definition) is 3. The van der Waals surface area contributed by atoms with Crippen LogP contribution in [0.1, 0.15) is 40.4 Å². The fraction of sp³-hybridized carbons (Fsp3) is 0.316. The zero-order valence-corrected chi connectivity index (χ0v) is 13.7. The average molecular weight is 320 g/mol. The molecule has 1 aliphatic rings. The van der Waals surface area contributed by atoms with Crippen LogP contribution >= 0.6 is 0 Å². The van der Waals surface area contributed by atoms with Gasteiger partial charge in [-0.3, -0.25) is 9.89 Å². The predicted octanol–water partition coefficient (Wildman–Crippen LogP) is 3.29. The maximum absolute atomic E-state index is 12.9. The van der Waals surface area contributed by atoms with Gasteiger partial charge in [0.25, 0.3) is 5.91 Å². The number of aryl methyl sites for hydroxylation is 1. The molecule has 5 heteroatoms. The van der Waals surface area contributed by atoms with Crippen molar-refractivity contribution in [3.05, 3.63) is 59.4 Å². The van der Waals surface area contributed by atoms with Gasteiger partial charge in [-0.2, -0.15) is 5.10 Å².